The largest absolute Gasteiger partial charge is 0.507 e. The molecular weight excluding hydrogens is 468 g/mol. The second kappa shape index (κ2) is 8.70. The molecule has 8 heteroatoms. The number of rotatable bonds is 4. The van der Waals surface area contributed by atoms with E-state index in [-0.39, 0.29) is 16.8 Å². The Hall–Kier alpha value is -4.49. The number of ketones is 1. The number of anilines is 1. The van der Waals surface area contributed by atoms with Gasteiger partial charge < -0.3 is 5.11 Å². The van der Waals surface area contributed by atoms with E-state index in [0.29, 0.717) is 16.3 Å². The van der Waals surface area contributed by atoms with Crippen LogP contribution >= 0.6 is 11.6 Å². The summed E-state index contributed by atoms with van der Waals surface area (Å²) in [5.41, 5.74) is 1.02. The van der Waals surface area contributed by atoms with Gasteiger partial charge in [0.15, 0.2) is 0 Å². The highest BCUT2D eigenvalue weighted by molar-refractivity contribution is 6.52. The lowest BCUT2D eigenvalue weighted by molar-refractivity contribution is -0.384. The molecule has 0 spiro atoms. The maximum absolute atomic E-state index is 13.3. The SMILES string of the molecule is O=C1C(=O)N(c2ccc(Cl)cc2)C(c2cccc3ccccc23)/C1=C(/O)c1ccc([N+](=O)[O-])cc1. The summed E-state index contributed by atoms with van der Waals surface area (Å²) in [4.78, 5) is 38.5. The average Bonchev–Trinajstić information content (AvgIpc) is 3.14. The average molecular weight is 485 g/mol. The van der Waals surface area contributed by atoms with Crippen LogP contribution in [0.3, 0.4) is 0 Å². The molecule has 172 valence electrons. The standard InChI is InChI=1S/C27H17ClN2O5/c28-18-10-14-19(15-11-18)29-24(22-7-3-5-16-4-1-2-6-21(16)22)23(26(32)27(29)33)25(31)17-8-12-20(13-9-17)30(34)35/h1-15,24,31H/b25-23-. The monoisotopic (exact) mass is 484 g/mol. The van der Waals surface area contributed by atoms with Crippen molar-refractivity contribution in [3.63, 3.8) is 0 Å². The van der Waals surface area contributed by atoms with Gasteiger partial charge in [-0.1, -0.05) is 54.1 Å². The Balaban J connectivity index is 1.77. The zero-order valence-corrected chi connectivity index (χ0v) is 18.8. The lowest BCUT2D eigenvalue weighted by Crippen LogP contribution is -2.29. The predicted octanol–water partition coefficient (Wildman–Crippen LogP) is 6.03. The third-order valence-electron chi connectivity index (χ3n) is 6.02. The Morgan fingerprint density at radius 2 is 1.54 bits per heavy atom. The highest BCUT2D eigenvalue weighted by Crippen LogP contribution is 2.44. The number of nitro benzene ring substituents is 1. The van der Waals surface area contributed by atoms with Crippen LogP contribution in [-0.2, 0) is 9.59 Å². The number of amides is 1. The number of carbonyl (C=O) groups excluding carboxylic acids is 2. The van der Waals surface area contributed by atoms with Gasteiger partial charge >= 0.3 is 0 Å². The van der Waals surface area contributed by atoms with Crippen molar-refractivity contribution in [2.75, 3.05) is 4.90 Å². The molecule has 1 fully saturated rings. The normalized spacial score (nSPS) is 17.2. The van der Waals surface area contributed by atoms with Gasteiger partial charge in [0, 0.05) is 28.4 Å². The number of non-ortho nitro benzene ring substituents is 1. The highest BCUT2D eigenvalue weighted by atomic mass is 35.5. The first-order chi connectivity index (χ1) is 16.9. The third kappa shape index (κ3) is 3.82. The Morgan fingerprint density at radius 3 is 2.23 bits per heavy atom. The summed E-state index contributed by atoms with van der Waals surface area (Å²) in [5.74, 6) is -2.06. The number of nitro groups is 1. The Morgan fingerprint density at radius 1 is 0.886 bits per heavy atom. The number of nitrogens with zero attached hydrogens (tertiary/aromatic N) is 2. The van der Waals surface area contributed by atoms with Crippen LogP contribution in [0.5, 0.6) is 0 Å². The lowest BCUT2D eigenvalue weighted by atomic mass is 9.91. The molecule has 5 rings (SSSR count). The van der Waals surface area contributed by atoms with Gasteiger partial charge in [0.1, 0.15) is 5.76 Å². The Labute approximate surface area is 204 Å². The van der Waals surface area contributed by atoms with E-state index in [1.165, 1.54) is 29.2 Å². The molecule has 1 aliphatic rings. The number of fused-ring (bicyclic) bond motifs is 1. The van der Waals surface area contributed by atoms with Gasteiger partial charge in [-0.05, 0) is 52.7 Å². The van der Waals surface area contributed by atoms with Gasteiger partial charge in [-0.3, -0.25) is 24.6 Å². The quantitative estimate of drug-likeness (QED) is 0.125. The number of halogens is 1. The summed E-state index contributed by atoms with van der Waals surface area (Å²) in [6, 6.07) is 23.9. The van der Waals surface area contributed by atoms with Crippen LogP contribution in [0.1, 0.15) is 17.2 Å². The first kappa shape index (κ1) is 22.3. The summed E-state index contributed by atoms with van der Waals surface area (Å²) in [6.07, 6.45) is 0. The number of carbonyl (C=O) groups is 2. The van der Waals surface area contributed by atoms with Crippen LogP contribution in [-0.4, -0.2) is 21.7 Å². The number of hydrogen-bond acceptors (Lipinski definition) is 5. The Kier molecular flexibility index (Phi) is 5.55. The van der Waals surface area contributed by atoms with E-state index < -0.39 is 28.4 Å². The molecule has 1 aliphatic heterocycles. The zero-order valence-electron chi connectivity index (χ0n) is 18.1. The highest BCUT2D eigenvalue weighted by Gasteiger charge is 2.47. The van der Waals surface area contributed by atoms with E-state index >= 15 is 0 Å². The second-order valence-electron chi connectivity index (χ2n) is 8.02. The number of benzene rings is 4. The molecule has 0 aromatic heterocycles. The summed E-state index contributed by atoms with van der Waals surface area (Å²) in [5, 5.41) is 24.5. The number of Topliss-reactive ketones (excluding diaryl/α,β-unsaturated/α-hetero) is 1. The molecule has 7 nitrogen and oxygen atoms in total. The molecule has 1 amide bonds. The second-order valence-corrected chi connectivity index (χ2v) is 8.45. The molecule has 0 saturated carbocycles. The van der Waals surface area contributed by atoms with Gasteiger partial charge in [0.25, 0.3) is 17.4 Å². The smallest absolute Gasteiger partial charge is 0.300 e. The lowest BCUT2D eigenvalue weighted by Gasteiger charge is -2.26. The summed E-state index contributed by atoms with van der Waals surface area (Å²) < 4.78 is 0. The minimum absolute atomic E-state index is 0.102. The van der Waals surface area contributed by atoms with Crippen LogP contribution in [0.15, 0.2) is 96.6 Å². The minimum Gasteiger partial charge on any atom is -0.507 e. The molecule has 1 atom stereocenters. The van der Waals surface area contributed by atoms with Crippen molar-refractivity contribution in [3.8, 4) is 0 Å². The van der Waals surface area contributed by atoms with E-state index in [2.05, 4.69) is 0 Å². The molecule has 4 aromatic rings. The molecule has 1 heterocycles. The van der Waals surface area contributed by atoms with Crippen molar-refractivity contribution in [2.24, 2.45) is 0 Å². The van der Waals surface area contributed by atoms with Crippen molar-refractivity contribution in [1.29, 1.82) is 0 Å². The maximum atomic E-state index is 13.3. The molecule has 4 aromatic carbocycles. The van der Waals surface area contributed by atoms with E-state index in [1.807, 2.05) is 42.5 Å². The number of hydrogen-bond donors (Lipinski definition) is 1. The van der Waals surface area contributed by atoms with Gasteiger partial charge in [0.2, 0.25) is 0 Å². The summed E-state index contributed by atoms with van der Waals surface area (Å²) in [7, 11) is 0. The van der Waals surface area contributed by atoms with E-state index in [9.17, 15) is 24.8 Å². The van der Waals surface area contributed by atoms with E-state index in [0.717, 1.165) is 10.8 Å². The maximum Gasteiger partial charge on any atom is 0.300 e. The topological polar surface area (TPSA) is 101 Å². The van der Waals surface area contributed by atoms with Crippen molar-refractivity contribution in [3.05, 3.63) is 123 Å². The fourth-order valence-electron chi connectivity index (χ4n) is 4.38. The van der Waals surface area contributed by atoms with Crippen molar-refractivity contribution in [1.82, 2.24) is 0 Å². The number of aliphatic hydroxyl groups excluding tert-OH is 1. The van der Waals surface area contributed by atoms with Gasteiger partial charge in [0.05, 0.1) is 16.5 Å². The van der Waals surface area contributed by atoms with Crippen molar-refractivity contribution >= 4 is 51.2 Å². The van der Waals surface area contributed by atoms with Crippen LogP contribution in [0.25, 0.3) is 16.5 Å². The van der Waals surface area contributed by atoms with Gasteiger partial charge in [-0.15, -0.1) is 0 Å². The Bertz CT molecular complexity index is 1520. The van der Waals surface area contributed by atoms with Crippen LogP contribution in [0.2, 0.25) is 5.02 Å². The van der Waals surface area contributed by atoms with Crippen molar-refractivity contribution in [2.45, 2.75) is 6.04 Å². The van der Waals surface area contributed by atoms with Crippen LogP contribution in [0, 0.1) is 10.1 Å². The summed E-state index contributed by atoms with van der Waals surface area (Å²) in [6.45, 7) is 0. The fraction of sp³-hybridized carbons (Fsp3) is 0.0370. The minimum atomic E-state index is -0.933. The van der Waals surface area contributed by atoms with Crippen LogP contribution in [0.4, 0.5) is 11.4 Å². The van der Waals surface area contributed by atoms with Gasteiger partial charge in [-0.25, -0.2) is 0 Å². The van der Waals surface area contributed by atoms with E-state index in [4.69, 9.17) is 11.6 Å². The molecule has 1 N–H and O–H groups in total. The fourth-order valence-corrected chi connectivity index (χ4v) is 4.51. The molecule has 0 bridgehead atoms. The first-order valence-corrected chi connectivity index (χ1v) is 11.0. The third-order valence-corrected chi connectivity index (χ3v) is 6.27. The number of aliphatic hydroxyl groups is 1. The first-order valence-electron chi connectivity index (χ1n) is 10.7. The van der Waals surface area contributed by atoms with Gasteiger partial charge in [-0.2, -0.15) is 0 Å². The van der Waals surface area contributed by atoms with E-state index in [1.54, 1.807) is 24.3 Å². The molecular formula is C27H17ClN2O5. The molecule has 0 radical (unpaired) electrons. The zero-order chi connectivity index (χ0) is 24.7. The predicted molar refractivity (Wildman–Crippen MR) is 133 cm³/mol. The molecule has 1 saturated heterocycles. The summed E-state index contributed by atoms with van der Waals surface area (Å²) >= 11 is 6.04. The molecule has 0 aliphatic carbocycles. The molecule has 1 unspecified atom stereocenters. The van der Waals surface area contributed by atoms with Crippen molar-refractivity contribution < 1.29 is 19.6 Å². The molecule has 35 heavy (non-hydrogen) atoms. The van der Waals surface area contributed by atoms with Crippen LogP contribution < -0.4 is 4.90 Å².